The first-order chi connectivity index (χ1) is 16.8. The molecule has 6 heteroatoms. The highest BCUT2D eigenvalue weighted by atomic mass is 79.9. The van der Waals surface area contributed by atoms with Crippen molar-refractivity contribution < 1.29 is 0 Å². The molecule has 4 nitrogen and oxygen atoms in total. The van der Waals surface area contributed by atoms with E-state index in [1.165, 1.54) is 89.9 Å². The minimum Gasteiger partial charge on any atom is -0.354 e. The van der Waals surface area contributed by atoms with Gasteiger partial charge in [0.2, 0.25) is 0 Å². The number of aromatic nitrogens is 2. The highest BCUT2D eigenvalue weighted by Crippen LogP contribution is 2.06. The molecule has 2 heterocycles. The Morgan fingerprint density at radius 3 is 1.22 bits per heavy atom. The third kappa shape index (κ3) is 17.3. The summed E-state index contributed by atoms with van der Waals surface area (Å²) in [5, 5.41) is 2.24. The van der Waals surface area contributed by atoms with Gasteiger partial charge in [0.15, 0.2) is 0 Å². The number of pyridine rings is 2. The SMILES string of the molecule is Br.Br.CCCCCCCN=c1ccn(CCCCCCCn2ccc(=NCCCCCC)cc2)cc1. The van der Waals surface area contributed by atoms with Crippen molar-refractivity contribution in [1.82, 2.24) is 9.13 Å². The van der Waals surface area contributed by atoms with E-state index in [-0.39, 0.29) is 34.0 Å². The normalized spacial score (nSPS) is 10.4. The fourth-order valence-corrected chi connectivity index (χ4v) is 4.20. The maximum atomic E-state index is 4.71. The van der Waals surface area contributed by atoms with Gasteiger partial charge >= 0.3 is 0 Å². The molecule has 0 N–H and O–H groups in total. The molecule has 0 amide bonds. The van der Waals surface area contributed by atoms with Gasteiger partial charge in [-0.15, -0.1) is 34.0 Å². The zero-order valence-electron chi connectivity index (χ0n) is 23.0. The van der Waals surface area contributed by atoms with Crippen molar-refractivity contribution in [3.8, 4) is 0 Å². The number of hydrogen-bond acceptors (Lipinski definition) is 2. The minimum atomic E-state index is 0. The van der Waals surface area contributed by atoms with Crippen molar-refractivity contribution in [2.45, 2.75) is 117 Å². The highest BCUT2D eigenvalue weighted by molar-refractivity contribution is 8.93. The summed E-state index contributed by atoms with van der Waals surface area (Å²) < 4.78 is 4.59. The Hall–Kier alpha value is -1.14. The van der Waals surface area contributed by atoms with Crippen LogP contribution >= 0.6 is 34.0 Å². The van der Waals surface area contributed by atoms with Gasteiger partial charge in [0.05, 0.1) is 10.7 Å². The number of hydrogen-bond donors (Lipinski definition) is 0. The molecular weight excluding hydrogens is 576 g/mol. The molecule has 0 aliphatic carbocycles. The van der Waals surface area contributed by atoms with E-state index in [9.17, 15) is 0 Å². The van der Waals surface area contributed by atoms with E-state index in [1.807, 2.05) is 0 Å². The quantitative estimate of drug-likeness (QED) is 0.140. The van der Waals surface area contributed by atoms with Crippen molar-refractivity contribution in [2.75, 3.05) is 13.1 Å². The molecule has 0 bridgehead atoms. The number of rotatable bonds is 19. The maximum Gasteiger partial charge on any atom is 0.0603 e. The molecule has 36 heavy (non-hydrogen) atoms. The van der Waals surface area contributed by atoms with E-state index in [0.717, 1.165) is 36.9 Å². The van der Waals surface area contributed by atoms with E-state index < -0.39 is 0 Å². The third-order valence-electron chi connectivity index (χ3n) is 6.44. The molecule has 0 saturated carbocycles. The van der Waals surface area contributed by atoms with Crippen molar-refractivity contribution in [2.24, 2.45) is 9.98 Å². The Labute approximate surface area is 241 Å². The number of aryl methyl sites for hydroxylation is 2. The average molecular weight is 629 g/mol. The van der Waals surface area contributed by atoms with Crippen molar-refractivity contribution in [3.05, 3.63) is 59.8 Å². The van der Waals surface area contributed by atoms with Crippen LogP contribution in [0.25, 0.3) is 0 Å². The predicted molar refractivity (Wildman–Crippen MR) is 166 cm³/mol. The first kappa shape index (κ1) is 34.9. The van der Waals surface area contributed by atoms with Crippen LogP contribution in [0, 0.1) is 0 Å². The Kier molecular flexibility index (Phi) is 23.4. The molecule has 206 valence electrons. The Bertz CT molecular complexity index is 848. The van der Waals surface area contributed by atoms with Crippen LogP contribution < -0.4 is 10.7 Å². The zero-order valence-corrected chi connectivity index (χ0v) is 26.4. The fraction of sp³-hybridized carbons (Fsp3) is 0.667. The van der Waals surface area contributed by atoms with Gasteiger partial charge in [0.25, 0.3) is 0 Å². The molecule has 0 aliphatic heterocycles. The molecule has 0 fully saturated rings. The standard InChI is InChI=1S/C30H50N4.2BrH/c1-3-5-7-10-14-22-32-30-19-27-34(28-20-30)24-16-12-9-11-15-23-33-25-17-29(18-26-33)31-21-13-8-6-4-2;;/h17-20,25-28H,3-16,21-24H2,1-2H3;2*1H. The monoisotopic (exact) mass is 626 g/mol. The lowest BCUT2D eigenvalue weighted by Gasteiger charge is -2.07. The van der Waals surface area contributed by atoms with Crippen LogP contribution in [0.5, 0.6) is 0 Å². The molecule has 0 radical (unpaired) electrons. The summed E-state index contributed by atoms with van der Waals surface area (Å²) in [5.41, 5.74) is 0. The van der Waals surface area contributed by atoms with Gasteiger partial charge in [-0.2, -0.15) is 0 Å². The van der Waals surface area contributed by atoms with Crippen LogP contribution in [0.1, 0.15) is 104 Å². The molecule has 2 aromatic rings. The molecule has 0 aliphatic rings. The van der Waals surface area contributed by atoms with Crippen LogP contribution in [0.4, 0.5) is 0 Å². The second-order valence-electron chi connectivity index (χ2n) is 9.59. The molecule has 2 rings (SSSR count). The van der Waals surface area contributed by atoms with Gasteiger partial charge in [-0.1, -0.05) is 78.1 Å². The van der Waals surface area contributed by atoms with E-state index >= 15 is 0 Å². The van der Waals surface area contributed by atoms with E-state index in [4.69, 9.17) is 4.99 Å². The summed E-state index contributed by atoms with van der Waals surface area (Å²) in [6, 6.07) is 8.63. The van der Waals surface area contributed by atoms with Gasteiger partial charge in [0.1, 0.15) is 0 Å². The summed E-state index contributed by atoms with van der Waals surface area (Å²) in [7, 11) is 0. The number of unbranched alkanes of at least 4 members (excludes halogenated alkanes) is 11. The molecular formula is C30H52Br2N4. The summed E-state index contributed by atoms with van der Waals surface area (Å²) in [4.78, 5) is 9.39. The third-order valence-corrected chi connectivity index (χ3v) is 6.44. The minimum absolute atomic E-state index is 0. The van der Waals surface area contributed by atoms with Gasteiger partial charge in [-0.05, 0) is 49.9 Å². The van der Waals surface area contributed by atoms with Gasteiger partial charge in [0, 0.05) is 51.0 Å². The molecule has 2 aromatic heterocycles. The second-order valence-corrected chi connectivity index (χ2v) is 9.59. The van der Waals surface area contributed by atoms with Gasteiger partial charge in [-0.3, -0.25) is 9.98 Å². The number of halogens is 2. The smallest absolute Gasteiger partial charge is 0.0603 e. The van der Waals surface area contributed by atoms with E-state index in [1.54, 1.807) is 0 Å². The Morgan fingerprint density at radius 1 is 0.472 bits per heavy atom. The van der Waals surface area contributed by atoms with Gasteiger partial charge < -0.3 is 9.13 Å². The fourth-order valence-electron chi connectivity index (χ4n) is 4.20. The van der Waals surface area contributed by atoms with E-state index in [0.29, 0.717) is 0 Å². The first-order valence-corrected chi connectivity index (χ1v) is 14.1. The van der Waals surface area contributed by atoms with Crippen molar-refractivity contribution in [3.63, 3.8) is 0 Å². The predicted octanol–water partition coefficient (Wildman–Crippen LogP) is 8.45. The topological polar surface area (TPSA) is 34.6 Å². The first-order valence-electron chi connectivity index (χ1n) is 14.1. The highest BCUT2D eigenvalue weighted by Gasteiger charge is 1.95. The summed E-state index contributed by atoms with van der Waals surface area (Å²) in [6.07, 6.45) is 26.8. The second kappa shape index (κ2) is 24.2. The Morgan fingerprint density at radius 2 is 0.806 bits per heavy atom. The van der Waals surface area contributed by atoms with Crippen LogP contribution in [-0.2, 0) is 13.1 Å². The average Bonchev–Trinajstić information content (AvgIpc) is 2.87. The molecule has 0 spiro atoms. The lowest BCUT2D eigenvalue weighted by atomic mass is 10.1. The summed E-state index contributed by atoms with van der Waals surface area (Å²) in [5.74, 6) is 0. The zero-order chi connectivity index (χ0) is 24.1. The van der Waals surface area contributed by atoms with Crippen molar-refractivity contribution >= 4 is 34.0 Å². The lowest BCUT2D eigenvalue weighted by Crippen LogP contribution is -2.07. The number of nitrogens with zero attached hydrogens (tertiary/aromatic N) is 4. The van der Waals surface area contributed by atoms with Gasteiger partial charge in [-0.25, -0.2) is 0 Å². The van der Waals surface area contributed by atoms with Crippen LogP contribution in [0.3, 0.4) is 0 Å². The molecule has 0 saturated heterocycles. The molecule has 0 aromatic carbocycles. The van der Waals surface area contributed by atoms with Crippen LogP contribution in [-0.4, -0.2) is 22.2 Å². The molecule has 0 atom stereocenters. The lowest BCUT2D eigenvalue weighted by molar-refractivity contribution is 0.533. The van der Waals surface area contributed by atoms with E-state index in [2.05, 4.69) is 77.0 Å². The van der Waals surface area contributed by atoms with Crippen LogP contribution in [0.15, 0.2) is 59.0 Å². The maximum absolute atomic E-state index is 4.71. The Balaban J connectivity index is 0.00000612. The molecule has 0 unspecified atom stereocenters. The largest absolute Gasteiger partial charge is 0.354 e. The van der Waals surface area contributed by atoms with Crippen LogP contribution in [0.2, 0.25) is 0 Å². The van der Waals surface area contributed by atoms with Crippen molar-refractivity contribution in [1.29, 1.82) is 0 Å². The summed E-state index contributed by atoms with van der Waals surface area (Å²) in [6.45, 7) is 8.65. The summed E-state index contributed by atoms with van der Waals surface area (Å²) >= 11 is 0.